The molecule has 0 aromatic heterocycles. The number of hydrogen-bond donors (Lipinski definition) is 3. The molecule has 0 bridgehead atoms. The molecule has 5 atom stereocenters. The van der Waals surface area contributed by atoms with Gasteiger partial charge in [-0.2, -0.15) is 0 Å². The number of unbranched alkanes of at least 4 members (excludes halogenated alkanes) is 47. The van der Waals surface area contributed by atoms with E-state index in [0.29, 0.717) is 25.7 Å². The summed E-state index contributed by atoms with van der Waals surface area (Å²) in [4.78, 5) is 72.8. The lowest BCUT2D eigenvalue weighted by molar-refractivity contribution is -0.161. The van der Waals surface area contributed by atoms with Crippen LogP contribution in [0.25, 0.3) is 0 Å². The van der Waals surface area contributed by atoms with Gasteiger partial charge in [0.2, 0.25) is 0 Å². The summed E-state index contributed by atoms with van der Waals surface area (Å²) in [5.41, 5.74) is 0. The van der Waals surface area contributed by atoms with Gasteiger partial charge in [0, 0.05) is 25.7 Å². The number of phosphoric acid groups is 2. The van der Waals surface area contributed by atoms with E-state index in [9.17, 15) is 43.2 Å². The Morgan fingerprint density at radius 1 is 0.278 bits per heavy atom. The molecule has 19 heteroatoms. The first-order chi connectivity index (χ1) is 46.9. The van der Waals surface area contributed by atoms with E-state index in [-0.39, 0.29) is 25.7 Å². The Hall–Kier alpha value is -1.94. The molecule has 0 aromatic rings. The summed E-state index contributed by atoms with van der Waals surface area (Å²) in [7, 11) is -9.91. The number of aliphatic hydroxyl groups is 1. The van der Waals surface area contributed by atoms with Crippen LogP contribution in [0.2, 0.25) is 0 Å². The lowest BCUT2D eigenvalue weighted by atomic mass is 10.0. The maximum atomic E-state index is 13.1. The Bertz CT molecular complexity index is 1870. The summed E-state index contributed by atoms with van der Waals surface area (Å²) in [5, 5.41) is 10.6. The third-order valence-electron chi connectivity index (χ3n) is 18.2. The highest BCUT2D eigenvalue weighted by atomic mass is 31.2. The van der Waals surface area contributed by atoms with Crippen molar-refractivity contribution >= 4 is 39.5 Å². The van der Waals surface area contributed by atoms with Crippen LogP contribution in [0.4, 0.5) is 0 Å². The van der Waals surface area contributed by atoms with Crippen LogP contribution in [0.3, 0.4) is 0 Å². The maximum absolute atomic E-state index is 13.1. The average molecular weight is 1420 g/mol. The number of ether oxygens (including phenoxy) is 4. The van der Waals surface area contributed by atoms with Crippen LogP contribution in [-0.4, -0.2) is 96.7 Å². The molecule has 17 nitrogen and oxygen atoms in total. The van der Waals surface area contributed by atoms with E-state index in [1.54, 1.807) is 0 Å². The van der Waals surface area contributed by atoms with Gasteiger partial charge < -0.3 is 33.8 Å². The van der Waals surface area contributed by atoms with Crippen molar-refractivity contribution in [3.63, 3.8) is 0 Å². The number of carbonyl (C=O) groups is 4. The van der Waals surface area contributed by atoms with Crippen LogP contribution < -0.4 is 0 Å². The number of esters is 4. The Kier molecular flexibility index (Phi) is 68.4. The molecule has 2 unspecified atom stereocenters. The number of carbonyl (C=O) groups excluding carboxylic acids is 4. The zero-order chi connectivity index (χ0) is 71.4. The fraction of sp³-hybridized carbons (Fsp3) is 0.949. The fourth-order valence-electron chi connectivity index (χ4n) is 12.0. The van der Waals surface area contributed by atoms with Crippen molar-refractivity contribution in [1.29, 1.82) is 0 Å². The maximum Gasteiger partial charge on any atom is 0.472 e. The summed E-state index contributed by atoms with van der Waals surface area (Å²) < 4.78 is 68.5. The van der Waals surface area contributed by atoms with Crippen LogP contribution in [-0.2, 0) is 65.4 Å². The molecular weight excluding hydrogens is 1270 g/mol. The zero-order valence-corrected chi connectivity index (χ0v) is 65.2. The van der Waals surface area contributed by atoms with Crippen molar-refractivity contribution in [3.8, 4) is 0 Å². The highest BCUT2D eigenvalue weighted by Gasteiger charge is 2.30. The predicted molar refractivity (Wildman–Crippen MR) is 395 cm³/mol. The molecular formula is C78H152O17P2. The molecule has 0 amide bonds. The fourth-order valence-corrected chi connectivity index (χ4v) is 13.6. The molecule has 0 saturated heterocycles. The molecule has 0 fully saturated rings. The Labute approximate surface area is 594 Å². The molecule has 0 saturated carbocycles. The molecule has 0 aromatic carbocycles. The first kappa shape index (κ1) is 95.1. The van der Waals surface area contributed by atoms with E-state index >= 15 is 0 Å². The summed E-state index contributed by atoms with van der Waals surface area (Å²) in [6.07, 6.45) is 58.4. The topological polar surface area (TPSA) is 237 Å². The van der Waals surface area contributed by atoms with Crippen molar-refractivity contribution < 1.29 is 80.2 Å². The summed E-state index contributed by atoms with van der Waals surface area (Å²) >= 11 is 0. The SMILES string of the molecule is CCCCCCCCCCCCCCCCCCCCCCCC(=O)O[C@H](COC(=O)CCCCCCCCCCCCCCC(C)C)COP(=O)(O)OC[C@@H](O)COP(=O)(O)OC[C@@H](COC(=O)CCCCCCCCCC)OC(=O)CCCCCCCCCCCCC(C)C. The molecule has 3 N–H and O–H groups in total. The van der Waals surface area contributed by atoms with Crippen LogP contribution >= 0.6 is 15.6 Å². The van der Waals surface area contributed by atoms with Gasteiger partial charge in [0.05, 0.1) is 26.4 Å². The van der Waals surface area contributed by atoms with Crippen molar-refractivity contribution in [2.75, 3.05) is 39.6 Å². The lowest BCUT2D eigenvalue weighted by Crippen LogP contribution is -2.30. The van der Waals surface area contributed by atoms with E-state index in [1.807, 2.05) is 0 Å². The second kappa shape index (κ2) is 69.8. The molecule has 0 aliphatic carbocycles. The second-order valence-corrected chi connectivity index (χ2v) is 32.0. The van der Waals surface area contributed by atoms with Crippen molar-refractivity contribution in [3.05, 3.63) is 0 Å². The summed E-state index contributed by atoms with van der Waals surface area (Å²) in [6.45, 7) is 9.58. The number of phosphoric ester groups is 2. The molecule has 0 rings (SSSR count). The number of aliphatic hydroxyl groups excluding tert-OH is 1. The van der Waals surface area contributed by atoms with Crippen molar-refractivity contribution in [1.82, 2.24) is 0 Å². The molecule has 0 aliphatic heterocycles. The van der Waals surface area contributed by atoms with E-state index in [1.165, 1.54) is 218 Å². The summed E-state index contributed by atoms with van der Waals surface area (Å²) in [6, 6.07) is 0. The smallest absolute Gasteiger partial charge is 0.462 e. The average Bonchev–Trinajstić information content (AvgIpc) is 2.26. The Balaban J connectivity index is 5.19. The Morgan fingerprint density at radius 2 is 0.474 bits per heavy atom. The zero-order valence-electron chi connectivity index (χ0n) is 63.4. The molecule has 0 aliphatic rings. The van der Waals surface area contributed by atoms with Gasteiger partial charge >= 0.3 is 39.5 Å². The third kappa shape index (κ3) is 72.2. The molecule has 576 valence electrons. The van der Waals surface area contributed by atoms with E-state index in [0.717, 1.165) is 108 Å². The van der Waals surface area contributed by atoms with Gasteiger partial charge in [0.25, 0.3) is 0 Å². The number of rotatable bonds is 77. The van der Waals surface area contributed by atoms with Gasteiger partial charge in [-0.1, -0.05) is 356 Å². The molecule has 0 radical (unpaired) electrons. The highest BCUT2D eigenvalue weighted by molar-refractivity contribution is 7.47. The minimum absolute atomic E-state index is 0.106. The molecule has 0 heterocycles. The van der Waals surface area contributed by atoms with Crippen molar-refractivity contribution in [2.45, 2.75) is 426 Å². The van der Waals surface area contributed by atoms with Gasteiger partial charge in [-0.25, -0.2) is 9.13 Å². The second-order valence-electron chi connectivity index (χ2n) is 29.1. The van der Waals surface area contributed by atoms with Crippen LogP contribution in [0, 0.1) is 11.8 Å². The van der Waals surface area contributed by atoms with Crippen LogP contribution in [0.5, 0.6) is 0 Å². The Morgan fingerprint density at radius 3 is 0.701 bits per heavy atom. The van der Waals surface area contributed by atoms with Gasteiger partial charge in [-0.15, -0.1) is 0 Å². The normalized spacial score (nSPS) is 14.0. The highest BCUT2D eigenvalue weighted by Crippen LogP contribution is 2.45. The van der Waals surface area contributed by atoms with Gasteiger partial charge in [0.1, 0.15) is 19.3 Å². The van der Waals surface area contributed by atoms with Crippen molar-refractivity contribution in [2.24, 2.45) is 11.8 Å². The standard InChI is InChI=1S/C78H152O17P2/c1-7-9-11-13-15-17-18-19-20-21-22-23-24-25-26-27-32-38-44-50-56-62-77(82)95-74(67-89-76(81)61-55-49-43-37-31-29-28-30-35-40-46-52-58-70(3)4)69-93-97(86,87)91-65-72(79)64-90-96(84,85)92-68-73(66-88-75(80)60-54-48-42-16-14-12-10-8-2)94-78(83)63-57-51-45-39-34-33-36-41-47-53-59-71(5)6/h70-74,79H,7-69H2,1-6H3,(H,84,85)(H,86,87)/t72-,73+,74+/m0/s1. The lowest BCUT2D eigenvalue weighted by Gasteiger charge is -2.21. The predicted octanol–water partition coefficient (Wildman–Crippen LogP) is 23.1. The quantitative estimate of drug-likeness (QED) is 0.0222. The first-order valence-electron chi connectivity index (χ1n) is 40.5. The minimum Gasteiger partial charge on any atom is -0.462 e. The van der Waals surface area contributed by atoms with Gasteiger partial charge in [0.15, 0.2) is 12.2 Å². The van der Waals surface area contributed by atoms with E-state index in [2.05, 4.69) is 41.5 Å². The minimum atomic E-state index is -4.96. The van der Waals surface area contributed by atoms with E-state index < -0.39 is 97.5 Å². The largest absolute Gasteiger partial charge is 0.472 e. The molecule has 97 heavy (non-hydrogen) atoms. The van der Waals surface area contributed by atoms with E-state index in [4.69, 9.17) is 37.0 Å². The summed E-state index contributed by atoms with van der Waals surface area (Å²) in [5.74, 6) is -0.582. The van der Waals surface area contributed by atoms with Crippen LogP contribution in [0.15, 0.2) is 0 Å². The van der Waals surface area contributed by atoms with Gasteiger partial charge in [-0.05, 0) is 37.5 Å². The molecule has 0 spiro atoms. The van der Waals surface area contributed by atoms with Crippen LogP contribution in [0.1, 0.15) is 408 Å². The number of hydrogen-bond acceptors (Lipinski definition) is 15. The monoisotopic (exact) mass is 1420 g/mol. The first-order valence-corrected chi connectivity index (χ1v) is 43.5. The third-order valence-corrected chi connectivity index (χ3v) is 20.1. The van der Waals surface area contributed by atoms with Gasteiger partial charge in [-0.3, -0.25) is 37.3 Å².